The highest BCUT2D eigenvalue weighted by Gasteiger charge is 2.23. The zero-order chi connectivity index (χ0) is 23.0. The SMILES string of the molecule is COc1ccc(N2CCN(C(=O)COC(=O)c3ccccc3SCc3cscn3)CC2)cc1. The van der Waals surface area contributed by atoms with E-state index in [2.05, 4.69) is 9.88 Å². The van der Waals surface area contributed by atoms with Crippen LogP contribution in [0.15, 0.2) is 64.3 Å². The number of rotatable bonds is 8. The second-order valence-corrected chi connectivity index (χ2v) is 9.14. The molecule has 172 valence electrons. The highest BCUT2D eigenvalue weighted by Crippen LogP contribution is 2.27. The number of piperazine rings is 1. The fourth-order valence-corrected chi connectivity index (χ4v) is 5.13. The molecule has 7 nitrogen and oxygen atoms in total. The zero-order valence-corrected chi connectivity index (χ0v) is 19.9. The Kier molecular flexibility index (Phi) is 7.85. The molecule has 0 spiro atoms. The van der Waals surface area contributed by atoms with E-state index < -0.39 is 5.97 Å². The predicted molar refractivity (Wildman–Crippen MR) is 130 cm³/mol. The Labute approximate surface area is 201 Å². The van der Waals surface area contributed by atoms with Gasteiger partial charge in [-0.3, -0.25) is 4.79 Å². The molecular weight excluding hydrogens is 458 g/mol. The summed E-state index contributed by atoms with van der Waals surface area (Å²) in [7, 11) is 1.65. The fraction of sp³-hybridized carbons (Fsp3) is 0.292. The van der Waals surface area contributed by atoms with Crippen LogP contribution in [0.2, 0.25) is 0 Å². The van der Waals surface area contributed by atoms with Crippen LogP contribution < -0.4 is 9.64 Å². The number of hydrogen-bond acceptors (Lipinski definition) is 8. The van der Waals surface area contributed by atoms with Crippen molar-refractivity contribution in [3.63, 3.8) is 0 Å². The molecule has 3 aromatic rings. The van der Waals surface area contributed by atoms with Gasteiger partial charge in [0.1, 0.15) is 5.75 Å². The van der Waals surface area contributed by atoms with Crippen LogP contribution in [0.5, 0.6) is 5.75 Å². The van der Waals surface area contributed by atoms with Crippen LogP contribution in [0, 0.1) is 0 Å². The van der Waals surface area contributed by atoms with Gasteiger partial charge in [-0.1, -0.05) is 12.1 Å². The van der Waals surface area contributed by atoms with E-state index in [1.807, 2.05) is 41.8 Å². The van der Waals surface area contributed by atoms with Gasteiger partial charge in [0.15, 0.2) is 6.61 Å². The Bertz CT molecular complexity index is 1070. The predicted octanol–water partition coefficient (Wildman–Crippen LogP) is 3.95. The minimum absolute atomic E-state index is 0.176. The van der Waals surface area contributed by atoms with Crippen LogP contribution in [-0.4, -0.2) is 61.7 Å². The largest absolute Gasteiger partial charge is 0.497 e. The van der Waals surface area contributed by atoms with Gasteiger partial charge in [0.2, 0.25) is 0 Å². The molecule has 0 N–H and O–H groups in total. The number of amides is 1. The first kappa shape index (κ1) is 23.1. The van der Waals surface area contributed by atoms with Crippen LogP contribution >= 0.6 is 23.1 Å². The van der Waals surface area contributed by atoms with E-state index in [4.69, 9.17) is 9.47 Å². The quantitative estimate of drug-likeness (QED) is 0.355. The van der Waals surface area contributed by atoms with Crippen molar-refractivity contribution in [3.05, 3.63) is 70.7 Å². The monoisotopic (exact) mass is 483 g/mol. The Hall–Kier alpha value is -3.04. The van der Waals surface area contributed by atoms with E-state index in [1.54, 1.807) is 41.0 Å². The molecule has 0 unspecified atom stereocenters. The summed E-state index contributed by atoms with van der Waals surface area (Å²) in [6.45, 7) is 2.36. The van der Waals surface area contributed by atoms with Gasteiger partial charge in [0, 0.05) is 47.9 Å². The Morgan fingerprint density at radius 2 is 1.82 bits per heavy atom. The molecule has 1 saturated heterocycles. The highest BCUT2D eigenvalue weighted by molar-refractivity contribution is 7.98. The summed E-state index contributed by atoms with van der Waals surface area (Å²) in [5.74, 6) is 0.829. The van der Waals surface area contributed by atoms with Gasteiger partial charge >= 0.3 is 5.97 Å². The van der Waals surface area contributed by atoms with Gasteiger partial charge < -0.3 is 19.3 Å². The molecule has 2 aromatic carbocycles. The first-order valence-corrected chi connectivity index (χ1v) is 12.5. The third-order valence-electron chi connectivity index (χ3n) is 5.36. The molecule has 0 radical (unpaired) electrons. The summed E-state index contributed by atoms with van der Waals surface area (Å²) in [5.41, 5.74) is 4.33. The average Bonchev–Trinajstić information content (AvgIpc) is 3.40. The molecule has 1 aromatic heterocycles. The maximum absolute atomic E-state index is 12.7. The topological polar surface area (TPSA) is 72.0 Å². The number of carbonyl (C=O) groups excluding carboxylic acids is 2. The van der Waals surface area contributed by atoms with E-state index in [1.165, 1.54) is 11.8 Å². The fourth-order valence-electron chi connectivity index (χ4n) is 3.53. The lowest BCUT2D eigenvalue weighted by atomic mass is 10.2. The van der Waals surface area contributed by atoms with Gasteiger partial charge in [-0.05, 0) is 36.4 Å². The van der Waals surface area contributed by atoms with E-state index in [0.717, 1.165) is 35.1 Å². The molecular formula is C24H25N3O4S2. The van der Waals surface area contributed by atoms with E-state index in [0.29, 0.717) is 24.4 Å². The molecule has 1 aliphatic rings. The molecule has 0 saturated carbocycles. The van der Waals surface area contributed by atoms with Gasteiger partial charge in [0.05, 0.1) is 23.9 Å². The lowest BCUT2D eigenvalue weighted by molar-refractivity contribution is -0.134. The number of benzene rings is 2. The van der Waals surface area contributed by atoms with E-state index >= 15 is 0 Å². The van der Waals surface area contributed by atoms with Gasteiger partial charge in [-0.25, -0.2) is 9.78 Å². The van der Waals surface area contributed by atoms with Crippen molar-refractivity contribution in [3.8, 4) is 5.75 Å². The average molecular weight is 484 g/mol. The minimum Gasteiger partial charge on any atom is -0.497 e. The maximum Gasteiger partial charge on any atom is 0.339 e. The van der Waals surface area contributed by atoms with E-state index in [9.17, 15) is 9.59 Å². The standard InChI is InChI=1S/C24H25N3O4S2/c1-30-20-8-6-19(7-9-20)26-10-12-27(13-11-26)23(28)14-31-24(29)21-4-2-3-5-22(21)33-16-18-15-32-17-25-18/h2-9,15,17H,10-14,16H2,1H3. The first-order valence-electron chi connectivity index (χ1n) is 10.6. The minimum atomic E-state index is -0.485. The van der Waals surface area contributed by atoms with Gasteiger partial charge in [0.25, 0.3) is 5.91 Å². The number of thioether (sulfide) groups is 1. The smallest absolute Gasteiger partial charge is 0.339 e. The number of carbonyl (C=O) groups is 2. The van der Waals surface area contributed by atoms with Gasteiger partial charge in [-0.2, -0.15) is 0 Å². The Morgan fingerprint density at radius 3 is 2.52 bits per heavy atom. The lowest BCUT2D eigenvalue weighted by Gasteiger charge is -2.36. The number of thiazole rings is 1. The van der Waals surface area contributed by atoms with Crippen molar-refractivity contribution in [1.29, 1.82) is 0 Å². The molecule has 0 bridgehead atoms. The molecule has 1 fully saturated rings. The highest BCUT2D eigenvalue weighted by atomic mass is 32.2. The molecule has 0 aliphatic carbocycles. The molecule has 1 amide bonds. The van der Waals surface area contributed by atoms with Crippen molar-refractivity contribution < 1.29 is 19.1 Å². The van der Waals surface area contributed by atoms with Crippen LogP contribution in [0.3, 0.4) is 0 Å². The second-order valence-electron chi connectivity index (χ2n) is 7.41. The van der Waals surface area contributed by atoms with Crippen molar-refractivity contribution in [2.45, 2.75) is 10.6 Å². The molecule has 4 rings (SSSR count). The van der Waals surface area contributed by atoms with Crippen molar-refractivity contribution in [1.82, 2.24) is 9.88 Å². The number of aromatic nitrogens is 1. The number of ether oxygens (including phenoxy) is 2. The van der Waals surface area contributed by atoms with Crippen molar-refractivity contribution in [2.75, 3.05) is 44.8 Å². The third kappa shape index (κ3) is 6.06. The number of nitrogens with zero attached hydrogens (tertiary/aromatic N) is 3. The summed E-state index contributed by atoms with van der Waals surface area (Å²) in [6, 6.07) is 15.2. The lowest BCUT2D eigenvalue weighted by Crippen LogP contribution is -2.49. The Balaban J connectivity index is 1.26. The third-order valence-corrected chi connectivity index (χ3v) is 7.11. The van der Waals surface area contributed by atoms with Crippen molar-refractivity contribution >= 4 is 40.7 Å². The van der Waals surface area contributed by atoms with E-state index in [-0.39, 0.29) is 12.5 Å². The summed E-state index contributed by atoms with van der Waals surface area (Å²) in [4.78, 5) is 34.4. The molecule has 33 heavy (non-hydrogen) atoms. The molecule has 2 heterocycles. The van der Waals surface area contributed by atoms with Crippen LogP contribution in [0.25, 0.3) is 0 Å². The normalized spacial score (nSPS) is 13.6. The summed E-state index contributed by atoms with van der Waals surface area (Å²) >= 11 is 3.07. The van der Waals surface area contributed by atoms with Crippen LogP contribution in [0.1, 0.15) is 16.1 Å². The van der Waals surface area contributed by atoms with Crippen molar-refractivity contribution in [2.24, 2.45) is 0 Å². The van der Waals surface area contributed by atoms with Crippen LogP contribution in [0.4, 0.5) is 5.69 Å². The number of esters is 1. The zero-order valence-electron chi connectivity index (χ0n) is 18.3. The number of hydrogen-bond donors (Lipinski definition) is 0. The molecule has 0 atom stereocenters. The maximum atomic E-state index is 12.7. The molecule has 9 heteroatoms. The summed E-state index contributed by atoms with van der Waals surface area (Å²) in [5, 5.41) is 1.99. The second kappa shape index (κ2) is 11.2. The molecule has 1 aliphatic heterocycles. The number of anilines is 1. The van der Waals surface area contributed by atoms with Crippen LogP contribution in [-0.2, 0) is 15.3 Å². The first-order chi connectivity index (χ1) is 16.1. The Morgan fingerprint density at radius 1 is 1.06 bits per heavy atom. The van der Waals surface area contributed by atoms with Gasteiger partial charge in [-0.15, -0.1) is 23.1 Å². The summed E-state index contributed by atoms with van der Waals surface area (Å²) in [6.07, 6.45) is 0. The summed E-state index contributed by atoms with van der Waals surface area (Å²) < 4.78 is 10.6. The number of methoxy groups -OCH3 is 1.